The van der Waals surface area contributed by atoms with Crippen LogP contribution in [0.3, 0.4) is 0 Å². The molecule has 1 unspecified atom stereocenters. The molecule has 0 saturated carbocycles. The van der Waals surface area contributed by atoms with Gasteiger partial charge in [0.2, 0.25) is 0 Å². The molecule has 0 aliphatic carbocycles. The van der Waals surface area contributed by atoms with E-state index in [0.717, 1.165) is 12.0 Å². The lowest BCUT2D eigenvalue weighted by atomic mass is 10.0. The maximum Gasteiger partial charge on any atom is 0.255 e. The molecule has 1 aromatic heterocycles. The monoisotopic (exact) mass is 308 g/mol. The second-order valence-electron chi connectivity index (χ2n) is 4.80. The molecule has 1 atom stereocenters. The van der Waals surface area contributed by atoms with E-state index in [1.54, 1.807) is 6.07 Å². The van der Waals surface area contributed by atoms with E-state index in [-0.39, 0.29) is 24.4 Å². The first-order valence-electron chi connectivity index (χ1n) is 6.81. The Morgan fingerprint density at radius 3 is 2.52 bits per heavy atom. The summed E-state index contributed by atoms with van der Waals surface area (Å²) in [5.41, 5.74) is 8.33. The number of carbonyl (C=O) groups is 1. The normalized spacial score (nSPS) is 11.6. The fourth-order valence-corrected chi connectivity index (χ4v) is 2.01. The van der Waals surface area contributed by atoms with Gasteiger partial charge in [0.1, 0.15) is 12.0 Å². The molecule has 114 valence electrons. The second kappa shape index (κ2) is 7.86. The van der Waals surface area contributed by atoms with E-state index in [9.17, 15) is 4.79 Å². The Kier molecular flexibility index (Phi) is 6.46. The zero-order chi connectivity index (χ0) is 14.5. The highest BCUT2D eigenvalue weighted by Gasteiger charge is 2.13. The zero-order valence-corrected chi connectivity index (χ0v) is 13.1. The standard InChI is InChI=1S/C16H20N2O2.ClH/c1-3-12-4-6-13(7-5-12)11(2)18-16(19)14-8-15(9-17)20-10-14;/h4-8,10-11H,3,9,17H2,1-2H3,(H,18,19);1H. The van der Waals surface area contributed by atoms with Crippen LogP contribution >= 0.6 is 12.4 Å². The predicted octanol–water partition coefficient (Wildman–Crippen LogP) is 3.21. The Hall–Kier alpha value is -1.78. The molecule has 0 aliphatic rings. The maximum absolute atomic E-state index is 12.1. The van der Waals surface area contributed by atoms with Crippen LogP contribution in [0.2, 0.25) is 0 Å². The fraction of sp³-hybridized carbons (Fsp3) is 0.312. The van der Waals surface area contributed by atoms with Gasteiger partial charge in [-0.3, -0.25) is 4.79 Å². The number of amides is 1. The molecule has 4 nitrogen and oxygen atoms in total. The van der Waals surface area contributed by atoms with Crippen molar-refractivity contribution < 1.29 is 9.21 Å². The first-order chi connectivity index (χ1) is 9.63. The molecule has 1 heterocycles. The van der Waals surface area contributed by atoms with Crippen molar-refractivity contribution in [2.75, 3.05) is 0 Å². The number of nitrogens with two attached hydrogens (primary N) is 1. The summed E-state index contributed by atoms with van der Waals surface area (Å²) in [4.78, 5) is 12.1. The van der Waals surface area contributed by atoms with Gasteiger partial charge in [0, 0.05) is 0 Å². The Balaban J connectivity index is 0.00000220. The van der Waals surface area contributed by atoms with Crippen molar-refractivity contribution in [1.82, 2.24) is 5.32 Å². The third-order valence-electron chi connectivity index (χ3n) is 3.35. The Labute approximate surface area is 131 Å². The van der Waals surface area contributed by atoms with Crippen molar-refractivity contribution in [2.24, 2.45) is 5.73 Å². The van der Waals surface area contributed by atoms with E-state index in [1.807, 2.05) is 19.1 Å². The fourth-order valence-electron chi connectivity index (χ4n) is 2.01. The van der Waals surface area contributed by atoms with Crippen LogP contribution in [0.1, 0.15) is 47.1 Å². The van der Waals surface area contributed by atoms with Crippen molar-refractivity contribution in [3.8, 4) is 0 Å². The number of carbonyl (C=O) groups excluding carboxylic acids is 1. The SMILES string of the molecule is CCc1ccc(C(C)NC(=O)c2coc(CN)c2)cc1.Cl. The van der Waals surface area contributed by atoms with Crippen LogP contribution in [-0.4, -0.2) is 5.91 Å². The lowest BCUT2D eigenvalue weighted by Gasteiger charge is -2.14. The van der Waals surface area contributed by atoms with Crippen LogP contribution in [0.15, 0.2) is 41.0 Å². The van der Waals surface area contributed by atoms with Gasteiger partial charge < -0.3 is 15.5 Å². The molecule has 0 aliphatic heterocycles. The van der Waals surface area contributed by atoms with Crippen LogP contribution in [0.4, 0.5) is 0 Å². The summed E-state index contributed by atoms with van der Waals surface area (Å²) in [5.74, 6) is 0.454. The summed E-state index contributed by atoms with van der Waals surface area (Å²) in [6.07, 6.45) is 2.45. The third-order valence-corrected chi connectivity index (χ3v) is 3.35. The summed E-state index contributed by atoms with van der Waals surface area (Å²) in [6, 6.07) is 9.88. The van der Waals surface area contributed by atoms with Crippen molar-refractivity contribution in [3.05, 3.63) is 59.0 Å². The average Bonchev–Trinajstić information content (AvgIpc) is 2.96. The van der Waals surface area contributed by atoms with E-state index in [4.69, 9.17) is 10.2 Å². The van der Waals surface area contributed by atoms with Gasteiger partial charge in [-0.1, -0.05) is 31.2 Å². The number of halogens is 1. The van der Waals surface area contributed by atoms with E-state index >= 15 is 0 Å². The highest BCUT2D eigenvalue weighted by atomic mass is 35.5. The maximum atomic E-state index is 12.1. The van der Waals surface area contributed by atoms with Crippen molar-refractivity contribution in [1.29, 1.82) is 0 Å². The van der Waals surface area contributed by atoms with Crippen molar-refractivity contribution in [2.45, 2.75) is 32.9 Å². The van der Waals surface area contributed by atoms with Crippen LogP contribution in [0.5, 0.6) is 0 Å². The number of hydrogen-bond donors (Lipinski definition) is 2. The molecule has 2 aromatic rings. The first-order valence-corrected chi connectivity index (χ1v) is 6.81. The van der Waals surface area contributed by atoms with E-state index in [0.29, 0.717) is 17.9 Å². The third kappa shape index (κ3) is 4.34. The van der Waals surface area contributed by atoms with Gasteiger partial charge in [0.15, 0.2) is 0 Å². The van der Waals surface area contributed by atoms with Crippen molar-refractivity contribution >= 4 is 18.3 Å². The van der Waals surface area contributed by atoms with Gasteiger partial charge in [-0.05, 0) is 30.5 Å². The molecule has 2 rings (SSSR count). The van der Waals surface area contributed by atoms with E-state index in [1.165, 1.54) is 11.8 Å². The molecule has 1 aromatic carbocycles. The molecule has 0 bridgehead atoms. The van der Waals surface area contributed by atoms with Gasteiger partial charge in [-0.2, -0.15) is 0 Å². The highest BCUT2D eigenvalue weighted by Crippen LogP contribution is 2.15. The summed E-state index contributed by atoms with van der Waals surface area (Å²) >= 11 is 0. The van der Waals surface area contributed by atoms with Gasteiger partial charge in [-0.25, -0.2) is 0 Å². The Morgan fingerprint density at radius 2 is 2.00 bits per heavy atom. The van der Waals surface area contributed by atoms with Crippen LogP contribution in [-0.2, 0) is 13.0 Å². The molecule has 1 amide bonds. The quantitative estimate of drug-likeness (QED) is 0.891. The highest BCUT2D eigenvalue weighted by molar-refractivity contribution is 5.94. The molecular weight excluding hydrogens is 288 g/mol. The number of nitrogens with one attached hydrogen (secondary N) is 1. The second-order valence-corrected chi connectivity index (χ2v) is 4.80. The summed E-state index contributed by atoms with van der Waals surface area (Å²) < 4.78 is 5.17. The molecule has 0 saturated heterocycles. The lowest BCUT2D eigenvalue weighted by molar-refractivity contribution is 0.0939. The predicted molar refractivity (Wildman–Crippen MR) is 85.5 cm³/mol. The van der Waals surface area contributed by atoms with E-state index < -0.39 is 0 Å². The summed E-state index contributed by atoms with van der Waals surface area (Å²) in [6.45, 7) is 4.37. The molecule has 21 heavy (non-hydrogen) atoms. The van der Waals surface area contributed by atoms with Crippen molar-refractivity contribution in [3.63, 3.8) is 0 Å². The largest absolute Gasteiger partial charge is 0.467 e. The van der Waals surface area contributed by atoms with Gasteiger partial charge in [-0.15, -0.1) is 12.4 Å². The first kappa shape index (κ1) is 17.3. The number of benzene rings is 1. The molecule has 3 N–H and O–H groups in total. The summed E-state index contributed by atoms with van der Waals surface area (Å²) in [5, 5.41) is 2.95. The van der Waals surface area contributed by atoms with Gasteiger partial charge >= 0.3 is 0 Å². The molecular formula is C16H21ClN2O2. The molecule has 0 fully saturated rings. The smallest absolute Gasteiger partial charge is 0.255 e. The summed E-state index contributed by atoms with van der Waals surface area (Å²) in [7, 11) is 0. The lowest BCUT2D eigenvalue weighted by Crippen LogP contribution is -2.26. The van der Waals surface area contributed by atoms with Crippen LogP contribution in [0, 0.1) is 0 Å². The van der Waals surface area contributed by atoms with Crippen LogP contribution < -0.4 is 11.1 Å². The van der Waals surface area contributed by atoms with Gasteiger partial charge in [0.05, 0.1) is 18.2 Å². The Bertz CT molecular complexity index is 578. The average molecular weight is 309 g/mol. The minimum atomic E-state index is -0.152. The number of aryl methyl sites for hydroxylation is 1. The number of rotatable bonds is 5. The minimum Gasteiger partial charge on any atom is -0.467 e. The molecule has 0 radical (unpaired) electrons. The minimum absolute atomic E-state index is 0. The molecule has 0 spiro atoms. The topological polar surface area (TPSA) is 68.3 Å². The van der Waals surface area contributed by atoms with Gasteiger partial charge in [0.25, 0.3) is 5.91 Å². The number of furan rings is 1. The Morgan fingerprint density at radius 1 is 1.33 bits per heavy atom. The number of hydrogen-bond acceptors (Lipinski definition) is 3. The zero-order valence-electron chi connectivity index (χ0n) is 12.3. The van der Waals surface area contributed by atoms with Crippen LogP contribution in [0.25, 0.3) is 0 Å². The molecule has 5 heteroatoms. The van der Waals surface area contributed by atoms with E-state index in [2.05, 4.69) is 24.4 Å².